The second-order valence-corrected chi connectivity index (χ2v) is 7.45. The first-order chi connectivity index (χ1) is 15.5. The van der Waals surface area contributed by atoms with E-state index in [-0.39, 0.29) is 6.61 Å². The van der Waals surface area contributed by atoms with Gasteiger partial charge in [-0.2, -0.15) is 0 Å². The maximum Gasteiger partial charge on any atom is 0.336 e. The fourth-order valence-corrected chi connectivity index (χ4v) is 3.95. The van der Waals surface area contributed by atoms with Gasteiger partial charge in [0.1, 0.15) is 17.9 Å². The second-order valence-electron chi connectivity index (χ2n) is 7.45. The third-order valence-corrected chi connectivity index (χ3v) is 5.55. The smallest absolute Gasteiger partial charge is 0.336 e. The van der Waals surface area contributed by atoms with E-state index in [1.54, 1.807) is 18.2 Å². The highest BCUT2D eigenvalue weighted by Gasteiger charge is 2.16. The van der Waals surface area contributed by atoms with E-state index in [0.717, 1.165) is 24.6 Å². The van der Waals surface area contributed by atoms with Crippen LogP contribution in [0.2, 0.25) is 0 Å². The molecule has 0 N–H and O–H groups in total. The Balaban J connectivity index is 1.53. The van der Waals surface area contributed by atoms with Gasteiger partial charge < -0.3 is 23.4 Å². The summed E-state index contributed by atoms with van der Waals surface area (Å²) in [5.74, 6) is 0.998. The lowest BCUT2D eigenvalue weighted by Gasteiger charge is -2.12. The van der Waals surface area contributed by atoms with Crippen molar-refractivity contribution >= 4 is 23.0 Å². The molecular weight excluding hydrogens is 412 g/mol. The Morgan fingerprint density at radius 2 is 1.62 bits per heavy atom. The van der Waals surface area contributed by atoms with Gasteiger partial charge in [-0.25, -0.2) is 9.59 Å². The predicted octanol–water partition coefficient (Wildman–Crippen LogP) is 4.06. The zero-order chi connectivity index (χ0) is 22.7. The molecule has 1 aliphatic rings. The molecule has 0 saturated heterocycles. The van der Waals surface area contributed by atoms with Crippen LogP contribution in [0.5, 0.6) is 17.2 Å². The highest BCUT2D eigenvalue weighted by Crippen LogP contribution is 2.35. The number of esters is 1. The Kier molecular flexibility index (Phi) is 6.16. The van der Waals surface area contributed by atoms with Crippen LogP contribution < -0.4 is 19.8 Å². The summed E-state index contributed by atoms with van der Waals surface area (Å²) in [6.07, 6.45) is 5.95. The number of carbonyl (C=O) groups excluding carboxylic acids is 1. The minimum atomic E-state index is -0.551. The molecule has 4 rings (SSSR count). The van der Waals surface area contributed by atoms with E-state index in [0.29, 0.717) is 34.0 Å². The number of rotatable bonds is 7. The molecule has 0 aliphatic heterocycles. The zero-order valence-electron chi connectivity index (χ0n) is 18.2. The van der Waals surface area contributed by atoms with E-state index >= 15 is 0 Å². The number of hydrogen-bond acceptors (Lipinski definition) is 7. The van der Waals surface area contributed by atoms with Crippen molar-refractivity contribution in [1.82, 2.24) is 0 Å². The average Bonchev–Trinajstić information content (AvgIpc) is 3.26. The first-order valence-corrected chi connectivity index (χ1v) is 10.3. The fraction of sp³-hybridized carbons (Fsp3) is 0.280. The molecule has 1 heterocycles. The lowest BCUT2D eigenvalue weighted by molar-refractivity contribution is -0.138. The lowest BCUT2D eigenvalue weighted by atomic mass is 10.0. The van der Waals surface area contributed by atoms with Crippen LogP contribution in [0.4, 0.5) is 0 Å². The molecule has 1 aliphatic carbocycles. The molecule has 0 unspecified atom stereocenters. The number of fused-ring (bicyclic) bond motifs is 2. The van der Waals surface area contributed by atoms with Crippen molar-refractivity contribution in [2.45, 2.75) is 25.9 Å². The van der Waals surface area contributed by atoms with Gasteiger partial charge in [-0.1, -0.05) is 0 Å². The minimum absolute atomic E-state index is 0.0346. The van der Waals surface area contributed by atoms with Gasteiger partial charge in [0.2, 0.25) is 0 Å². The maximum absolute atomic E-state index is 12.4. The monoisotopic (exact) mass is 436 g/mol. The van der Waals surface area contributed by atoms with Crippen LogP contribution in [0.1, 0.15) is 28.7 Å². The first-order valence-electron chi connectivity index (χ1n) is 10.3. The van der Waals surface area contributed by atoms with Crippen molar-refractivity contribution in [1.29, 1.82) is 0 Å². The Bertz CT molecular complexity index is 1250. The van der Waals surface area contributed by atoms with Crippen molar-refractivity contribution in [2.24, 2.45) is 0 Å². The number of carbonyl (C=O) groups is 1. The summed E-state index contributed by atoms with van der Waals surface area (Å²) in [4.78, 5) is 24.4. The van der Waals surface area contributed by atoms with Gasteiger partial charge in [0, 0.05) is 34.7 Å². The SMILES string of the molecule is COc1cc(OC)c(OC)cc1/C=C/C(=O)OCc1cc(=O)oc2cc3c(cc12)CCC3. The zero-order valence-corrected chi connectivity index (χ0v) is 18.2. The van der Waals surface area contributed by atoms with Crippen LogP contribution in [0.25, 0.3) is 17.0 Å². The molecule has 0 radical (unpaired) electrons. The predicted molar refractivity (Wildman–Crippen MR) is 119 cm³/mol. The maximum atomic E-state index is 12.4. The number of aryl methyl sites for hydroxylation is 2. The molecule has 0 saturated carbocycles. The van der Waals surface area contributed by atoms with Crippen LogP contribution in [0.3, 0.4) is 0 Å². The quantitative estimate of drug-likeness (QED) is 0.314. The summed E-state index contributed by atoms with van der Waals surface area (Å²) in [6, 6.07) is 8.72. The van der Waals surface area contributed by atoms with Crippen molar-refractivity contribution in [3.05, 3.63) is 69.1 Å². The highest BCUT2D eigenvalue weighted by molar-refractivity contribution is 5.88. The molecule has 7 heteroatoms. The lowest BCUT2D eigenvalue weighted by Crippen LogP contribution is -2.06. The number of benzene rings is 2. The van der Waals surface area contributed by atoms with E-state index in [2.05, 4.69) is 0 Å². The van der Waals surface area contributed by atoms with Crippen LogP contribution >= 0.6 is 0 Å². The Morgan fingerprint density at radius 3 is 2.34 bits per heavy atom. The molecule has 1 aromatic heterocycles. The summed E-state index contributed by atoms with van der Waals surface area (Å²) in [5, 5.41) is 0.795. The topological polar surface area (TPSA) is 84.2 Å². The summed E-state index contributed by atoms with van der Waals surface area (Å²) in [6.45, 7) is -0.0346. The summed E-state index contributed by atoms with van der Waals surface area (Å²) in [5.41, 5.74) is 3.77. The van der Waals surface area contributed by atoms with Gasteiger partial charge in [0.05, 0.1) is 21.3 Å². The van der Waals surface area contributed by atoms with Gasteiger partial charge in [-0.3, -0.25) is 0 Å². The van der Waals surface area contributed by atoms with Crippen LogP contribution in [-0.2, 0) is 29.0 Å². The first kappa shape index (κ1) is 21.5. The fourth-order valence-electron chi connectivity index (χ4n) is 3.95. The van der Waals surface area contributed by atoms with Crippen molar-refractivity contribution in [3.63, 3.8) is 0 Å². The molecule has 2 aromatic carbocycles. The van der Waals surface area contributed by atoms with Crippen molar-refractivity contribution < 1.29 is 28.2 Å². The summed E-state index contributed by atoms with van der Waals surface area (Å²) < 4.78 is 26.7. The number of methoxy groups -OCH3 is 3. The van der Waals surface area contributed by atoms with Gasteiger partial charge in [-0.15, -0.1) is 0 Å². The Hall–Kier alpha value is -3.74. The largest absolute Gasteiger partial charge is 0.496 e. The molecule has 0 bridgehead atoms. The third kappa shape index (κ3) is 4.32. The Morgan fingerprint density at radius 1 is 0.938 bits per heavy atom. The Labute approximate surface area is 185 Å². The number of ether oxygens (including phenoxy) is 4. The van der Waals surface area contributed by atoms with Crippen LogP contribution in [-0.4, -0.2) is 27.3 Å². The highest BCUT2D eigenvalue weighted by atomic mass is 16.5. The van der Waals surface area contributed by atoms with E-state index in [9.17, 15) is 9.59 Å². The van der Waals surface area contributed by atoms with E-state index in [1.165, 1.54) is 44.6 Å². The van der Waals surface area contributed by atoms with Crippen molar-refractivity contribution in [3.8, 4) is 17.2 Å². The third-order valence-electron chi connectivity index (χ3n) is 5.55. The van der Waals surface area contributed by atoms with Crippen LogP contribution in [0.15, 0.2) is 45.6 Å². The second kappa shape index (κ2) is 9.18. The molecular formula is C25H24O7. The molecule has 0 atom stereocenters. The van der Waals surface area contributed by atoms with Gasteiger partial charge in [0.25, 0.3) is 0 Å². The van der Waals surface area contributed by atoms with E-state index < -0.39 is 11.6 Å². The summed E-state index contributed by atoms with van der Waals surface area (Å²) >= 11 is 0. The normalized spacial score (nSPS) is 12.7. The van der Waals surface area contributed by atoms with Gasteiger partial charge >= 0.3 is 11.6 Å². The molecule has 32 heavy (non-hydrogen) atoms. The summed E-state index contributed by atoms with van der Waals surface area (Å²) in [7, 11) is 4.59. The number of hydrogen-bond donors (Lipinski definition) is 0. The van der Waals surface area contributed by atoms with Gasteiger partial charge in [-0.05, 0) is 54.7 Å². The van der Waals surface area contributed by atoms with E-state index in [1.807, 2.05) is 12.1 Å². The average molecular weight is 436 g/mol. The molecule has 3 aromatic rings. The van der Waals surface area contributed by atoms with Crippen LogP contribution in [0, 0.1) is 0 Å². The minimum Gasteiger partial charge on any atom is -0.496 e. The molecule has 0 fully saturated rings. The molecule has 7 nitrogen and oxygen atoms in total. The molecule has 0 amide bonds. The van der Waals surface area contributed by atoms with Crippen molar-refractivity contribution in [2.75, 3.05) is 21.3 Å². The molecule has 166 valence electrons. The standard InChI is InChI=1S/C25H24O7/c1-28-20-13-23(30-3)22(29-2)11-17(20)7-8-24(26)31-14-18-12-25(27)32-21-10-16-6-4-5-15(16)9-19(18)21/h7-13H,4-6,14H2,1-3H3/b8-7+. The van der Waals surface area contributed by atoms with Gasteiger partial charge in [0.15, 0.2) is 11.5 Å². The molecule has 0 spiro atoms. The van der Waals surface area contributed by atoms with E-state index in [4.69, 9.17) is 23.4 Å².